The fraction of sp³-hybridized carbons (Fsp3) is 0.452. The van der Waals surface area contributed by atoms with Gasteiger partial charge in [0, 0.05) is 50.3 Å². The number of aliphatic carboxylic acids is 1. The number of nitrogens with two attached hydrogens (primary N) is 1. The first-order valence-corrected chi connectivity index (χ1v) is 14.8. The van der Waals surface area contributed by atoms with Crippen molar-refractivity contribution in [1.82, 2.24) is 14.9 Å². The molecular formula is C31H34F3N5O6. The number of carbonyl (C=O) groups is 1. The molecule has 2 atom stereocenters. The van der Waals surface area contributed by atoms with Crippen LogP contribution in [0.2, 0.25) is 0 Å². The predicted octanol–water partition coefficient (Wildman–Crippen LogP) is 3.68. The monoisotopic (exact) mass is 629 g/mol. The first-order chi connectivity index (χ1) is 21.6. The van der Waals surface area contributed by atoms with E-state index < -0.39 is 18.4 Å². The molecule has 2 saturated heterocycles. The van der Waals surface area contributed by atoms with Crippen LogP contribution in [0.5, 0.6) is 11.5 Å². The first kappa shape index (κ1) is 30.9. The molecule has 0 unspecified atom stereocenters. The fourth-order valence-corrected chi connectivity index (χ4v) is 5.83. The van der Waals surface area contributed by atoms with Gasteiger partial charge in [0.2, 0.25) is 5.95 Å². The molecule has 3 aromatic rings. The molecule has 0 amide bonds. The summed E-state index contributed by atoms with van der Waals surface area (Å²) in [4.78, 5) is 24.7. The molecule has 1 aromatic heterocycles. The van der Waals surface area contributed by atoms with Crippen LogP contribution in [-0.4, -0.2) is 90.5 Å². The van der Waals surface area contributed by atoms with Gasteiger partial charge in [0.15, 0.2) is 6.10 Å². The van der Waals surface area contributed by atoms with E-state index >= 15 is 0 Å². The zero-order valence-corrected chi connectivity index (χ0v) is 24.5. The van der Waals surface area contributed by atoms with Gasteiger partial charge in [-0.05, 0) is 54.3 Å². The maximum Gasteiger partial charge on any atom is 0.573 e. The SMILES string of the molecule is Nc1nc2c(c(N3CCN(CCOC[C@@H]4C[C@H](C(=O)O)O4)CC3)n1)CCc1cc(OCc3ccc(OC(F)(F)F)cc3)ccc1-2. The summed E-state index contributed by atoms with van der Waals surface area (Å²) >= 11 is 0. The topological polar surface area (TPSA) is 132 Å². The molecule has 3 aliphatic rings. The Hall–Kier alpha value is -4.14. The second-order valence-corrected chi connectivity index (χ2v) is 11.3. The number of carboxylic acids is 1. The minimum Gasteiger partial charge on any atom is -0.489 e. The molecule has 3 N–H and O–H groups in total. The number of rotatable bonds is 11. The molecular weight excluding hydrogens is 595 g/mol. The van der Waals surface area contributed by atoms with Crippen LogP contribution in [0.4, 0.5) is 24.9 Å². The molecule has 2 aliphatic heterocycles. The summed E-state index contributed by atoms with van der Waals surface area (Å²) in [5.41, 5.74) is 10.9. The molecule has 14 heteroatoms. The third-order valence-electron chi connectivity index (χ3n) is 8.18. The van der Waals surface area contributed by atoms with Crippen LogP contribution < -0.4 is 20.1 Å². The first-order valence-electron chi connectivity index (χ1n) is 14.8. The summed E-state index contributed by atoms with van der Waals surface area (Å²) in [7, 11) is 0. The van der Waals surface area contributed by atoms with Crippen molar-refractivity contribution in [3.8, 4) is 22.8 Å². The average Bonchev–Trinajstić information content (AvgIpc) is 2.98. The number of nitrogens with zero attached hydrogens (tertiary/aromatic N) is 4. The second-order valence-electron chi connectivity index (χ2n) is 11.3. The van der Waals surface area contributed by atoms with Gasteiger partial charge in [0.25, 0.3) is 0 Å². The number of piperazine rings is 1. The highest BCUT2D eigenvalue weighted by atomic mass is 19.4. The minimum absolute atomic E-state index is 0.141. The maximum atomic E-state index is 12.4. The molecule has 45 heavy (non-hydrogen) atoms. The Bertz CT molecular complexity index is 1510. The van der Waals surface area contributed by atoms with Crippen LogP contribution in [0, 0.1) is 0 Å². The average molecular weight is 630 g/mol. The molecule has 0 spiro atoms. The van der Waals surface area contributed by atoms with E-state index in [1.165, 1.54) is 24.3 Å². The van der Waals surface area contributed by atoms with Crippen LogP contribution in [-0.2, 0) is 33.7 Å². The maximum absolute atomic E-state index is 12.4. The summed E-state index contributed by atoms with van der Waals surface area (Å²) in [6.45, 7) is 5.21. The van der Waals surface area contributed by atoms with E-state index in [1.54, 1.807) is 0 Å². The highest BCUT2D eigenvalue weighted by molar-refractivity contribution is 5.76. The van der Waals surface area contributed by atoms with Gasteiger partial charge in [-0.2, -0.15) is 4.98 Å². The van der Waals surface area contributed by atoms with Gasteiger partial charge in [-0.3, -0.25) is 4.90 Å². The lowest BCUT2D eigenvalue weighted by molar-refractivity contribution is -0.274. The lowest BCUT2D eigenvalue weighted by Crippen LogP contribution is -2.48. The molecule has 2 fully saturated rings. The molecule has 6 rings (SSSR count). The van der Waals surface area contributed by atoms with Gasteiger partial charge in [0.1, 0.15) is 23.9 Å². The van der Waals surface area contributed by atoms with Gasteiger partial charge >= 0.3 is 12.3 Å². The molecule has 1 aliphatic carbocycles. The van der Waals surface area contributed by atoms with Crippen molar-refractivity contribution >= 4 is 17.7 Å². The van der Waals surface area contributed by atoms with E-state index in [0.29, 0.717) is 30.9 Å². The second kappa shape index (κ2) is 13.1. The van der Waals surface area contributed by atoms with E-state index in [4.69, 9.17) is 25.1 Å². The summed E-state index contributed by atoms with van der Waals surface area (Å²) in [6, 6.07) is 11.4. The van der Waals surface area contributed by atoms with Crippen molar-refractivity contribution in [2.24, 2.45) is 0 Å². The lowest BCUT2D eigenvalue weighted by atomic mass is 9.88. The number of fused-ring (bicyclic) bond motifs is 3. The highest BCUT2D eigenvalue weighted by Gasteiger charge is 2.35. The Balaban J connectivity index is 1.03. The third kappa shape index (κ3) is 7.57. The van der Waals surface area contributed by atoms with Gasteiger partial charge in [-0.1, -0.05) is 12.1 Å². The van der Waals surface area contributed by atoms with Crippen LogP contribution in [0.1, 0.15) is 23.1 Å². The van der Waals surface area contributed by atoms with E-state index in [0.717, 1.165) is 73.8 Å². The standard InChI is InChI=1S/C31H34F3N5O6/c32-31(33,34)45-21-4-1-19(2-5-21)17-43-22-6-8-24-20(15-22)3-7-25-27(24)36-30(35)37-28(25)39-11-9-38(10-12-39)13-14-42-18-23-16-26(44-23)29(40)41/h1-2,4-6,8,15,23,26H,3,7,9-14,16-18H2,(H,40,41)(H2,35,36,37)/t23-,26+/m0/s1. The summed E-state index contributed by atoms with van der Waals surface area (Å²) in [6.07, 6.45) is -3.56. The Morgan fingerprint density at radius 2 is 1.78 bits per heavy atom. The van der Waals surface area contributed by atoms with E-state index in [2.05, 4.69) is 24.5 Å². The number of alkyl halides is 3. The van der Waals surface area contributed by atoms with Crippen molar-refractivity contribution in [3.63, 3.8) is 0 Å². The Morgan fingerprint density at radius 3 is 2.49 bits per heavy atom. The number of hydrogen-bond acceptors (Lipinski definition) is 10. The van der Waals surface area contributed by atoms with Crippen molar-refractivity contribution in [3.05, 3.63) is 59.2 Å². The van der Waals surface area contributed by atoms with E-state index in [9.17, 15) is 18.0 Å². The normalized spacial score (nSPS) is 19.8. The molecule has 0 saturated carbocycles. The number of aryl methyl sites for hydroxylation is 1. The number of anilines is 2. The molecule has 3 heterocycles. The van der Waals surface area contributed by atoms with Crippen LogP contribution in [0.25, 0.3) is 11.3 Å². The number of hydrogen-bond donors (Lipinski definition) is 2. The van der Waals surface area contributed by atoms with Crippen molar-refractivity contribution in [2.75, 3.05) is 56.6 Å². The van der Waals surface area contributed by atoms with Crippen molar-refractivity contribution in [1.29, 1.82) is 0 Å². The number of halogens is 3. The van der Waals surface area contributed by atoms with E-state index in [1.807, 2.05) is 18.2 Å². The quantitative estimate of drug-likeness (QED) is 0.301. The fourth-order valence-electron chi connectivity index (χ4n) is 5.83. The molecule has 0 radical (unpaired) electrons. The molecule has 0 bridgehead atoms. The third-order valence-corrected chi connectivity index (χ3v) is 8.18. The smallest absolute Gasteiger partial charge is 0.489 e. The Morgan fingerprint density at radius 1 is 1.04 bits per heavy atom. The minimum atomic E-state index is -4.73. The number of benzene rings is 2. The Kier molecular flexibility index (Phi) is 8.97. The van der Waals surface area contributed by atoms with Gasteiger partial charge in [-0.15, -0.1) is 13.2 Å². The molecule has 2 aromatic carbocycles. The van der Waals surface area contributed by atoms with Crippen molar-refractivity contribution < 1.29 is 42.0 Å². The largest absolute Gasteiger partial charge is 0.573 e. The Labute approximate surface area is 257 Å². The highest BCUT2D eigenvalue weighted by Crippen LogP contribution is 2.38. The van der Waals surface area contributed by atoms with Crippen molar-refractivity contribution in [2.45, 2.75) is 44.4 Å². The van der Waals surface area contributed by atoms with Gasteiger partial charge < -0.3 is 34.7 Å². The zero-order valence-electron chi connectivity index (χ0n) is 24.5. The summed E-state index contributed by atoms with van der Waals surface area (Å²) in [5, 5.41) is 8.89. The number of ether oxygens (including phenoxy) is 4. The van der Waals surface area contributed by atoms with Crippen LogP contribution >= 0.6 is 0 Å². The molecule has 11 nitrogen and oxygen atoms in total. The van der Waals surface area contributed by atoms with E-state index in [-0.39, 0.29) is 24.4 Å². The van der Waals surface area contributed by atoms with Gasteiger partial charge in [0.05, 0.1) is 25.0 Å². The molecule has 240 valence electrons. The number of aromatic nitrogens is 2. The number of nitrogen functional groups attached to an aromatic ring is 1. The zero-order chi connectivity index (χ0) is 31.6. The summed E-state index contributed by atoms with van der Waals surface area (Å²) in [5.74, 6) is 0.535. The van der Waals surface area contributed by atoms with Crippen LogP contribution in [0.3, 0.4) is 0 Å². The number of carboxylic acid groups (broad SMARTS) is 1. The lowest BCUT2D eigenvalue weighted by Gasteiger charge is -2.37. The van der Waals surface area contributed by atoms with Crippen LogP contribution in [0.15, 0.2) is 42.5 Å². The van der Waals surface area contributed by atoms with Gasteiger partial charge in [-0.25, -0.2) is 9.78 Å². The summed E-state index contributed by atoms with van der Waals surface area (Å²) < 4.78 is 58.1. The predicted molar refractivity (Wildman–Crippen MR) is 157 cm³/mol.